The van der Waals surface area contributed by atoms with Crippen molar-refractivity contribution in [3.05, 3.63) is 72.2 Å². The lowest BCUT2D eigenvalue weighted by Gasteiger charge is -2.09. The molecule has 0 radical (unpaired) electrons. The van der Waals surface area contributed by atoms with E-state index in [1.807, 2.05) is 36.5 Å². The van der Waals surface area contributed by atoms with Gasteiger partial charge in [-0.15, -0.1) is 0 Å². The Bertz CT molecular complexity index is 876. The van der Waals surface area contributed by atoms with Crippen LogP contribution in [0.15, 0.2) is 61.1 Å². The minimum absolute atomic E-state index is 0.196. The second kappa shape index (κ2) is 7.90. The first-order valence-electron chi connectivity index (χ1n) is 7.93. The van der Waals surface area contributed by atoms with Gasteiger partial charge in [0.2, 0.25) is 5.88 Å². The number of pyridine rings is 1. The van der Waals surface area contributed by atoms with Crippen LogP contribution in [-0.2, 0) is 6.54 Å². The Kier molecular flexibility index (Phi) is 5.39. The first-order chi connectivity index (χ1) is 12.9. The Balaban J connectivity index is 1.53. The van der Waals surface area contributed by atoms with Crippen LogP contribution in [0.4, 0.5) is 13.2 Å². The highest BCUT2D eigenvalue weighted by atomic mass is 19.4. The molecule has 1 N–H and O–H groups in total. The van der Waals surface area contributed by atoms with Gasteiger partial charge in [0.25, 0.3) is 5.91 Å². The van der Waals surface area contributed by atoms with Crippen molar-refractivity contribution < 1.29 is 22.7 Å². The smallest absolute Gasteiger partial charge is 0.422 e. The summed E-state index contributed by atoms with van der Waals surface area (Å²) in [5, 5.41) is 6.85. The molecular formula is C18H15F3N4O2. The summed E-state index contributed by atoms with van der Waals surface area (Å²) in [5.74, 6) is -0.584. The zero-order chi connectivity index (χ0) is 19.3. The maximum atomic E-state index is 12.1. The van der Waals surface area contributed by atoms with Crippen molar-refractivity contribution in [2.75, 3.05) is 6.61 Å². The van der Waals surface area contributed by atoms with E-state index in [-0.39, 0.29) is 17.4 Å². The Hall–Kier alpha value is -3.36. The molecule has 6 nitrogen and oxygen atoms in total. The predicted molar refractivity (Wildman–Crippen MR) is 90.5 cm³/mol. The van der Waals surface area contributed by atoms with Gasteiger partial charge in [-0.3, -0.25) is 4.79 Å². The van der Waals surface area contributed by atoms with Crippen molar-refractivity contribution in [1.82, 2.24) is 20.1 Å². The molecule has 0 saturated heterocycles. The quantitative estimate of drug-likeness (QED) is 0.718. The highest BCUT2D eigenvalue weighted by Crippen LogP contribution is 2.17. The first kappa shape index (κ1) is 18.4. The SMILES string of the molecule is O=C(NCc1ccc(-n2cccn2)cc1)c1ccc(OCC(F)(F)F)nc1. The van der Waals surface area contributed by atoms with E-state index in [4.69, 9.17) is 0 Å². The van der Waals surface area contributed by atoms with Gasteiger partial charge in [0.15, 0.2) is 6.61 Å². The number of ether oxygens (including phenoxy) is 1. The highest BCUT2D eigenvalue weighted by Gasteiger charge is 2.28. The second-order valence-electron chi connectivity index (χ2n) is 5.59. The number of carbonyl (C=O) groups is 1. The predicted octanol–water partition coefficient (Wildman–Crippen LogP) is 3.14. The molecule has 9 heteroatoms. The van der Waals surface area contributed by atoms with Gasteiger partial charge in [-0.05, 0) is 29.8 Å². The van der Waals surface area contributed by atoms with Crippen molar-refractivity contribution in [3.8, 4) is 11.6 Å². The number of alkyl halides is 3. The van der Waals surface area contributed by atoms with E-state index in [0.29, 0.717) is 6.54 Å². The minimum atomic E-state index is -4.44. The molecule has 3 rings (SSSR count). The molecule has 1 aromatic carbocycles. The fourth-order valence-corrected chi connectivity index (χ4v) is 2.23. The molecule has 0 aliphatic heterocycles. The van der Waals surface area contributed by atoms with Gasteiger partial charge in [-0.2, -0.15) is 18.3 Å². The van der Waals surface area contributed by atoms with Gasteiger partial charge in [0.1, 0.15) is 0 Å². The number of amides is 1. The summed E-state index contributed by atoms with van der Waals surface area (Å²) in [7, 11) is 0. The summed E-state index contributed by atoms with van der Waals surface area (Å²) in [5.41, 5.74) is 2.01. The lowest BCUT2D eigenvalue weighted by Crippen LogP contribution is -2.23. The van der Waals surface area contributed by atoms with E-state index in [2.05, 4.69) is 20.1 Å². The van der Waals surface area contributed by atoms with Gasteiger partial charge < -0.3 is 10.1 Å². The maximum absolute atomic E-state index is 12.1. The summed E-state index contributed by atoms with van der Waals surface area (Å²) >= 11 is 0. The largest absolute Gasteiger partial charge is 0.468 e. The number of halogens is 3. The number of nitrogens with one attached hydrogen (secondary N) is 1. The van der Waals surface area contributed by atoms with E-state index in [0.717, 1.165) is 11.3 Å². The summed E-state index contributed by atoms with van der Waals surface area (Å²) < 4.78 is 42.5. The molecule has 0 aliphatic carbocycles. The van der Waals surface area contributed by atoms with Crippen LogP contribution in [0.3, 0.4) is 0 Å². The van der Waals surface area contributed by atoms with Crippen molar-refractivity contribution >= 4 is 5.91 Å². The van der Waals surface area contributed by atoms with E-state index in [1.54, 1.807) is 10.9 Å². The topological polar surface area (TPSA) is 69.0 Å². The molecule has 0 atom stereocenters. The van der Waals surface area contributed by atoms with Crippen molar-refractivity contribution in [3.63, 3.8) is 0 Å². The second-order valence-corrected chi connectivity index (χ2v) is 5.59. The van der Waals surface area contributed by atoms with E-state index >= 15 is 0 Å². The molecule has 1 amide bonds. The minimum Gasteiger partial charge on any atom is -0.468 e. The fourth-order valence-electron chi connectivity index (χ4n) is 2.23. The highest BCUT2D eigenvalue weighted by molar-refractivity contribution is 5.93. The van der Waals surface area contributed by atoms with Gasteiger partial charge >= 0.3 is 6.18 Å². The first-order valence-corrected chi connectivity index (χ1v) is 7.93. The van der Waals surface area contributed by atoms with Crippen LogP contribution in [0.5, 0.6) is 5.88 Å². The number of benzene rings is 1. The molecule has 0 unspecified atom stereocenters. The van der Waals surface area contributed by atoms with Gasteiger partial charge in [0, 0.05) is 31.2 Å². The van der Waals surface area contributed by atoms with Crippen molar-refractivity contribution in [1.29, 1.82) is 0 Å². The molecule has 0 saturated carbocycles. The Morgan fingerprint density at radius 2 is 1.93 bits per heavy atom. The third-order valence-electron chi connectivity index (χ3n) is 3.54. The average Bonchev–Trinajstić information content (AvgIpc) is 3.19. The van der Waals surface area contributed by atoms with Gasteiger partial charge in [0.05, 0.1) is 11.3 Å². The molecule has 140 valence electrons. The number of nitrogens with zero attached hydrogens (tertiary/aromatic N) is 3. The molecule has 0 aliphatic rings. The third kappa shape index (κ3) is 5.30. The van der Waals surface area contributed by atoms with Crippen LogP contribution < -0.4 is 10.1 Å². The molecule has 2 aromatic heterocycles. The summed E-state index contributed by atoms with van der Waals surface area (Å²) in [4.78, 5) is 15.8. The molecule has 2 heterocycles. The monoisotopic (exact) mass is 376 g/mol. The lowest BCUT2D eigenvalue weighted by atomic mass is 10.2. The van der Waals surface area contributed by atoms with Crippen LogP contribution in [0.1, 0.15) is 15.9 Å². The number of carbonyl (C=O) groups excluding carboxylic acids is 1. The molecule has 0 spiro atoms. The zero-order valence-corrected chi connectivity index (χ0v) is 14.0. The van der Waals surface area contributed by atoms with Crippen LogP contribution in [-0.4, -0.2) is 33.5 Å². The summed E-state index contributed by atoms with van der Waals surface area (Å²) in [6.07, 6.45) is 0.236. The van der Waals surface area contributed by atoms with E-state index in [9.17, 15) is 18.0 Å². The fraction of sp³-hybridized carbons (Fsp3) is 0.167. The molecule has 27 heavy (non-hydrogen) atoms. The van der Waals surface area contributed by atoms with Gasteiger partial charge in [-0.1, -0.05) is 12.1 Å². The Morgan fingerprint density at radius 1 is 1.15 bits per heavy atom. The third-order valence-corrected chi connectivity index (χ3v) is 3.54. The molecular weight excluding hydrogens is 361 g/mol. The van der Waals surface area contributed by atoms with E-state index < -0.39 is 12.8 Å². The molecule has 0 bridgehead atoms. The normalized spacial score (nSPS) is 11.2. The molecule has 3 aromatic rings. The number of hydrogen-bond acceptors (Lipinski definition) is 4. The van der Waals surface area contributed by atoms with Crippen molar-refractivity contribution in [2.45, 2.75) is 12.7 Å². The van der Waals surface area contributed by atoms with Crippen LogP contribution in [0, 0.1) is 0 Å². The number of rotatable bonds is 6. The number of hydrogen-bond donors (Lipinski definition) is 1. The maximum Gasteiger partial charge on any atom is 0.422 e. The summed E-state index contributed by atoms with van der Waals surface area (Å²) in [6.45, 7) is -1.13. The van der Waals surface area contributed by atoms with Crippen LogP contribution >= 0.6 is 0 Å². The van der Waals surface area contributed by atoms with E-state index in [1.165, 1.54) is 18.3 Å². The van der Waals surface area contributed by atoms with Crippen molar-refractivity contribution in [2.24, 2.45) is 0 Å². The summed E-state index contributed by atoms with van der Waals surface area (Å²) in [6, 6.07) is 11.9. The zero-order valence-electron chi connectivity index (χ0n) is 14.0. The van der Waals surface area contributed by atoms with Crippen LogP contribution in [0.25, 0.3) is 5.69 Å². The Morgan fingerprint density at radius 3 is 2.52 bits per heavy atom. The number of aromatic nitrogens is 3. The average molecular weight is 376 g/mol. The van der Waals surface area contributed by atoms with Crippen LogP contribution in [0.2, 0.25) is 0 Å². The standard InChI is InChI=1S/C18H15F3N4O2/c19-18(20,21)12-27-16-7-4-14(11-22-16)17(26)23-10-13-2-5-15(6-3-13)25-9-1-8-24-25/h1-9,11H,10,12H2,(H,23,26). The lowest BCUT2D eigenvalue weighted by molar-refractivity contribution is -0.154. The Labute approximate surface area is 152 Å². The molecule has 0 fully saturated rings. The van der Waals surface area contributed by atoms with Gasteiger partial charge in [-0.25, -0.2) is 9.67 Å².